The minimum Gasteiger partial charge on any atom is -0.398 e. The number of hydrogen-bond donors (Lipinski definition) is 1. The highest BCUT2D eigenvalue weighted by atomic mass is 79.9. The van der Waals surface area contributed by atoms with Gasteiger partial charge in [0.25, 0.3) is 0 Å². The Labute approximate surface area is 94.6 Å². The van der Waals surface area contributed by atoms with Crippen molar-refractivity contribution in [3.8, 4) is 6.07 Å². The summed E-state index contributed by atoms with van der Waals surface area (Å²) >= 11 is 8.83. The number of Topliss-reactive ketones (excluding diaryl/α,β-unsaturated/α-hetero) is 1. The minimum atomic E-state index is -0.175. The molecule has 0 aliphatic rings. The summed E-state index contributed by atoms with van der Waals surface area (Å²) in [7, 11) is 0. The SMILES string of the molecule is N#Cc1cc(C(=O)CBr)c(Cl)cc1N. The normalized spacial score (nSPS) is 9.50. The molecule has 1 aromatic carbocycles. The molecule has 0 unspecified atom stereocenters. The van der Waals surface area contributed by atoms with Gasteiger partial charge >= 0.3 is 0 Å². The van der Waals surface area contributed by atoms with Crippen molar-refractivity contribution in [1.82, 2.24) is 0 Å². The molecule has 0 heterocycles. The van der Waals surface area contributed by atoms with Crippen molar-refractivity contribution in [2.45, 2.75) is 0 Å². The van der Waals surface area contributed by atoms with Crippen LogP contribution >= 0.6 is 27.5 Å². The van der Waals surface area contributed by atoms with Gasteiger partial charge in [0.1, 0.15) is 6.07 Å². The fourth-order valence-electron chi connectivity index (χ4n) is 0.971. The first kappa shape index (κ1) is 11.0. The maximum atomic E-state index is 11.3. The van der Waals surface area contributed by atoms with E-state index in [1.54, 1.807) is 0 Å². The molecule has 1 rings (SSSR count). The Balaban J connectivity index is 3.33. The Kier molecular flexibility index (Phi) is 3.50. The average molecular weight is 274 g/mol. The number of halogens is 2. The molecule has 0 aliphatic heterocycles. The number of nitrogens with two attached hydrogens (primary N) is 1. The van der Waals surface area contributed by atoms with Gasteiger partial charge < -0.3 is 5.73 Å². The smallest absolute Gasteiger partial charge is 0.174 e. The van der Waals surface area contributed by atoms with Crippen molar-refractivity contribution in [3.05, 3.63) is 28.3 Å². The molecule has 2 N–H and O–H groups in total. The van der Waals surface area contributed by atoms with E-state index in [0.717, 1.165) is 0 Å². The fraction of sp³-hybridized carbons (Fsp3) is 0.111. The Morgan fingerprint density at radius 2 is 2.29 bits per heavy atom. The second kappa shape index (κ2) is 4.45. The molecule has 0 amide bonds. The molecule has 5 heteroatoms. The Hall–Kier alpha value is -1.05. The predicted molar refractivity (Wildman–Crippen MR) is 58.7 cm³/mol. The zero-order valence-electron chi connectivity index (χ0n) is 7.05. The lowest BCUT2D eigenvalue weighted by Crippen LogP contribution is -2.03. The number of carbonyl (C=O) groups excluding carboxylic acids is 1. The van der Waals surface area contributed by atoms with Gasteiger partial charge in [-0.2, -0.15) is 5.26 Å². The predicted octanol–water partition coefficient (Wildman–Crippen LogP) is 2.37. The van der Waals surface area contributed by atoms with E-state index < -0.39 is 0 Å². The van der Waals surface area contributed by atoms with E-state index in [-0.39, 0.29) is 27.4 Å². The van der Waals surface area contributed by atoms with Crippen LogP contribution < -0.4 is 5.73 Å². The lowest BCUT2D eigenvalue weighted by Gasteiger charge is -2.03. The minimum absolute atomic E-state index is 0.168. The van der Waals surface area contributed by atoms with Crippen molar-refractivity contribution in [2.75, 3.05) is 11.1 Å². The molecule has 72 valence electrons. The molecule has 0 bridgehead atoms. The number of alkyl halides is 1. The summed E-state index contributed by atoms with van der Waals surface area (Å²) in [6.07, 6.45) is 0. The number of nitrogen functional groups attached to an aromatic ring is 1. The van der Waals surface area contributed by atoms with Crippen molar-refractivity contribution < 1.29 is 4.79 Å². The maximum absolute atomic E-state index is 11.3. The maximum Gasteiger partial charge on any atom is 0.174 e. The lowest BCUT2D eigenvalue weighted by atomic mass is 10.1. The third kappa shape index (κ3) is 2.06. The molecule has 1 aromatic rings. The molecule has 0 atom stereocenters. The first-order valence-electron chi connectivity index (χ1n) is 3.68. The summed E-state index contributed by atoms with van der Waals surface area (Å²) in [6.45, 7) is 0. The van der Waals surface area contributed by atoms with Crippen LogP contribution in [0.2, 0.25) is 5.02 Å². The van der Waals surface area contributed by atoms with Gasteiger partial charge in [0.2, 0.25) is 0 Å². The van der Waals surface area contributed by atoms with Gasteiger partial charge in [-0.3, -0.25) is 4.79 Å². The van der Waals surface area contributed by atoms with E-state index in [1.807, 2.05) is 6.07 Å². The van der Waals surface area contributed by atoms with Gasteiger partial charge in [-0.1, -0.05) is 27.5 Å². The zero-order chi connectivity index (χ0) is 10.7. The van der Waals surface area contributed by atoms with Crippen molar-refractivity contribution in [2.24, 2.45) is 0 Å². The van der Waals surface area contributed by atoms with Crippen molar-refractivity contribution in [3.63, 3.8) is 0 Å². The second-order valence-electron chi connectivity index (χ2n) is 2.59. The van der Waals surface area contributed by atoms with Crippen LogP contribution in [-0.4, -0.2) is 11.1 Å². The molecule has 0 aliphatic carbocycles. The quantitative estimate of drug-likeness (QED) is 0.511. The van der Waals surface area contributed by atoms with Crippen LogP contribution in [0.5, 0.6) is 0 Å². The number of ketones is 1. The number of nitrogens with zero attached hydrogens (tertiary/aromatic N) is 1. The van der Waals surface area contributed by atoms with Gasteiger partial charge in [-0.15, -0.1) is 0 Å². The average Bonchev–Trinajstić information content (AvgIpc) is 2.17. The highest BCUT2D eigenvalue weighted by Crippen LogP contribution is 2.23. The third-order valence-corrected chi connectivity index (χ3v) is 2.50. The molecule has 0 saturated carbocycles. The standard InChI is InChI=1S/C9H6BrClN2O/c10-3-9(14)6-1-5(4-12)8(13)2-7(6)11/h1-2H,3,13H2. The summed E-state index contributed by atoms with van der Waals surface area (Å²) in [5.41, 5.74) is 6.37. The van der Waals surface area contributed by atoms with Crippen LogP contribution in [0.4, 0.5) is 5.69 Å². The van der Waals surface area contributed by atoms with Crippen LogP contribution in [0.25, 0.3) is 0 Å². The van der Waals surface area contributed by atoms with E-state index in [1.165, 1.54) is 12.1 Å². The first-order valence-corrected chi connectivity index (χ1v) is 5.18. The Morgan fingerprint density at radius 1 is 1.64 bits per heavy atom. The van der Waals surface area contributed by atoms with Gasteiger partial charge in [-0.05, 0) is 12.1 Å². The van der Waals surface area contributed by atoms with E-state index in [0.29, 0.717) is 5.56 Å². The summed E-state index contributed by atoms with van der Waals surface area (Å²) < 4.78 is 0. The molecule has 14 heavy (non-hydrogen) atoms. The van der Waals surface area contributed by atoms with Crippen LogP contribution in [0.3, 0.4) is 0 Å². The van der Waals surface area contributed by atoms with Crippen LogP contribution in [-0.2, 0) is 0 Å². The number of rotatable bonds is 2. The largest absolute Gasteiger partial charge is 0.398 e. The highest BCUT2D eigenvalue weighted by Gasteiger charge is 2.12. The second-order valence-corrected chi connectivity index (χ2v) is 3.56. The van der Waals surface area contributed by atoms with E-state index in [2.05, 4.69) is 15.9 Å². The Bertz CT molecular complexity index is 426. The first-order chi connectivity index (χ1) is 6.60. The number of nitriles is 1. The number of benzene rings is 1. The molecule has 0 spiro atoms. The Morgan fingerprint density at radius 3 is 2.79 bits per heavy atom. The fourth-order valence-corrected chi connectivity index (χ4v) is 1.55. The summed E-state index contributed by atoms with van der Waals surface area (Å²) in [5, 5.41) is 9.13. The van der Waals surface area contributed by atoms with Crippen molar-refractivity contribution in [1.29, 1.82) is 5.26 Å². The number of anilines is 1. The zero-order valence-corrected chi connectivity index (χ0v) is 9.39. The molecular weight excluding hydrogens is 267 g/mol. The summed E-state index contributed by atoms with van der Waals surface area (Å²) in [6, 6.07) is 4.71. The molecule has 0 aromatic heterocycles. The van der Waals surface area contributed by atoms with Crippen LogP contribution in [0, 0.1) is 11.3 Å². The monoisotopic (exact) mass is 272 g/mol. The van der Waals surface area contributed by atoms with Gasteiger partial charge in [0.15, 0.2) is 5.78 Å². The third-order valence-electron chi connectivity index (χ3n) is 1.68. The van der Waals surface area contributed by atoms with Crippen LogP contribution in [0.1, 0.15) is 15.9 Å². The van der Waals surface area contributed by atoms with E-state index >= 15 is 0 Å². The van der Waals surface area contributed by atoms with E-state index in [4.69, 9.17) is 22.6 Å². The topological polar surface area (TPSA) is 66.9 Å². The van der Waals surface area contributed by atoms with Crippen LogP contribution in [0.15, 0.2) is 12.1 Å². The molecule has 0 saturated heterocycles. The summed E-state index contributed by atoms with van der Waals surface area (Å²) in [4.78, 5) is 11.3. The van der Waals surface area contributed by atoms with Gasteiger partial charge in [-0.25, -0.2) is 0 Å². The number of hydrogen-bond acceptors (Lipinski definition) is 3. The highest BCUT2D eigenvalue weighted by molar-refractivity contribution is 9.09. The molecular formula is C9H6BrClN2O. The summed E-state index contributed by atoms with van der Waals surface area (Å²) in [5.74, 6) is -0.175. The van der Waals surface area contributed by atoms with E-state index in [9.17, 15) is 4.79 Å². The lowest BCUT2D eigenvalue weighted by molar-refractivity contribution is 0.102. The van der Waals surface area contributed by atoms with Crippen molar-refractivity contribution >= 4 is 39.0 Å². The van der Waals surface area contributed by atoms with Gasteiger partial charge in [0.05, 0.1) is 21.6 Å². The number of carbonyl (C=O) groups is 1. The molecule has 0 radical (unpaired) electrons. The molecule has 0 fully saturated rings. The van der Waals surface area contributed by atoms with Gasteiger partial charge in [0, 0.05) is 5.56 Å². The molecule has 3 nitrogen and oxygen atoms in total.